The molecular formula is C50H22F4N4O2S4. The number of carbonyl (C=O) groups is 2. The summed E-state index contributed by atoms with van der Waals surface area (Å²) in [6.45, 7) is 7.01. The lowest BCUT2D eigenvalue weighted by Gasteiger charge is -2.26. The van der Waals surface area contributed by atoms with Crippen LogP contribution in [0, 0.1) is 68.6 Å². The average Bonchev–Trinajstić information content (AvgIpc) is 4.14. The van der Waals surface area contributed by atoms with Gasteiger partial charge in [-0.15, -0.1) is 45.3 Å². The molecule has 0 amide bonds. The van der Waals surface area contributed by atoms with E-state index in [-0.39, 0.29) is 86.0 Å². The van der Waals surface area contributed by atoms with Crippen LogP contribution in [0.25, 0.3) is 63.0 Å². The molecule has 6 nitrogen and oxygen atoms in total. The summed E-state index contributed by atoms with van der Waals surface area (Å²) in [7, 11) is 0. The summed E-state index contributed by atoms with van der Waals surface area (Å²) in [6.07, 6.45) is 2.69. The van der Waals surface area contributed by atoms with Crippen molar-refractivity contribution in [3.05, 3.63) is 148 Å². The number of nitrogens with zero attached hydrogens (tertiary/aromatic N) is 4. The van der Waals surface area contributed by atoms with E-state index in [2.05, 4.69) is 0 Å². The zero-order valence-electron chi connectivity index (χ0n) is 33.5. The van der Waals surface area contributed by atoms with E-state index in [1.165, 1.54) is 12.2 Å². The molecule has 0 aliphatic heterocycles. The van der Waals surface area contributed by atoms with Crippen molar-refractivity contribution in [1.29, 1.82) is 21.0 Å². The van der Waals surface area contributed by atoms with Crippen molar-refractivity contribution in [3.8, 4) is 45.2 Å². The predicted octanol–water partition coefficient (Wildman–Crippen LogP) is 13.6. The number of thiophene rings is 4. The molecule has 14 heteroatoms. The normalized spacial score (nSPS) is 17.0. The minimum atomic E-state index is -1.18. The molecule has 0 unspecified atom stereocenters. The van der Waals surface area contributed by atoms with Gasteiger partial charge in [0.15, 0.2) is 23.2 Å². The lowest BCUT2D eigenvalue weighted by Crippen LogP contribution is -2.21. The fourth-order valence-electron chi connectivity index (χ4n) is 10.0. The van der Waals surface area contributed by atoms with Gasteiger partial charge in [-0.05, 0) is 34.4 Å². The third-order valence-electron chi connectivity index (χ3n) is 12.7. The SMILES string of the molecule is CC1(C)c2c(F)c3c(c(F)c2-c2sc4c(F)c(C=C5C(=O)c6ccccc6C5=C(C#N)C#N)sc4c21)C(C)(C)c1c-3sc2c(F)c(C=C3C(=O)c4ccccc4C3=C(C#N)C#N)sc12. The number of hydrogen-bond donors (Lipinski definition) is 0. The standard InChI is InChI=1S/C50H22F4N4O2S4/c1-49(2)33-31(43-35(49)45-47(63-43)37(51)27(61-45)13-25-29(19(15-55)16-56)21-9-5-7-11-23(21)41(25)59)40(54)34-32(39(33)53)44-36(50(34,3)4)46-48(64-44)38(52)28(62-46)14-26-30(20(17-57)18-58)22-10-6-8-12-24(22)42(26)60/h5-14H,1-4H3. The molecule has 0 radical (unpaired) electrons. The van der Waals surface area contributed by atoms with Crippen LogP contribution >= 0.6 is 45.3 Å². The summed E-state index contributed by atoms with van der Waals surface area (Å²) >= 11 is 4.04. The summed E-state index contributed by atoms with van der Waals surface area (Å²) in [6, 6.07) is 20.5. The largest absolute Gasteiger partial charge is 0.289 e. The molecular weight excluding hydrogens is 893 g/mol. The first kappa shape index (κ1) is 39.8. The second-order valence-corrected chi connectivity index (χ2v) is 20.8. The Bertz CT molecular complexity index is 3540. The number of hydrogen-bond acceptors (Lipinski definition) is 10. The van der Waals surface area contributed by atoms with Crippen LogP contribution in [0.5, 0.6) is 0 Å². The Kier molecular flexibility index (Phi) is 8.23. The molecule has 0 fully saturated rings. The number of Topliss-reactive ketones (excluding diaryl/α,β-unsaturated/α-hetero) is 2. The van der Waals surface area contributed by atoms with Gasteiger partial charge in [-0.3, -0.25) is 9.59 Å². The van der Waals surface area contributed by atoms with Crippen LogP contribution in [0.1, 0.15) is 91.5 Å². The van der Waals surface area contributed by atoms with Crippen molar-refractivity contribution in [2.45, 2.75) is 38.5 Å². The molecule has 7 aromatic rings. The van der Waals surface area contributed by atoms with E-state index in [1.54, 1.807) is 76.2 Å². The van der Waals surface area contributed by atoms with Gasteiger partial charge >= 0.3 is 0 Å². The van der Waals surface area contributed by atoms with Crippen LogP contribution in [-0.4, -0.2) is 11.6 Å². The molecule has 0 atom stereocenters. The van der Waals surface area contributed by atoms with E-state index in [1.807, 2.05) is 24.3 Å². The highest BCUT2D eigenvalue weighted by Crippen LogP contribution is 2.65. The molecule has 11 rings (SSSR count). The Morgan fingerprint density at radius 1 is 0.500 bits per heavy atom. The van der Waals surface area contributed by atoms with Crippen molar-refractivity contribution in [3.63, 3.8) is 0 Å². The number of benzene rings is 3. The summed E-state index contributed by atoms with van der Waals surface area (Å²) in [5.74, 6) is -3.58. The van der Waals surface area contributed by atoms with Crippen LogP contribution in [0.2, 0.25) is 0 Å². The molecule has 4 heterocycles. The number of halogens is 4. The highest BCUT2D eigenvalue weighted by Gasteiger charge is 2.52. The van der Waals surface area contributed by atoms with Crippen LogP contribution in [-0.2, 0) is 10.8 Å². The number of rotatable bonds is 2. The molecule has 0 N–H and O–H groups in total. The van der Waals surface area contributed by atoms with Gasteiger partial charge in [0, 0.05) is 76.3 Å². The zero-order chi connectivity index (χ0) is 45.0. The Morgan fingerprint density at radius 3 is 1.19 bits per heavy atom. The first-order valence-electron chi connectivity index (χ1n) is 19.5. The highest BCUT2D eigenvalue weighted by atomic mass is 32.1. The third-order valence-corrected chi connectivity index (χ3v) is 17.6. The highest BCUT2D eigenvalue weighted by molar-refractivity contribution is 7.31. The number of ketones is 2. The van der Waals surface area contributed by atoms with Gasteiger partial charge in [-0.1, -0.05) is 76.2 Å². The number of nitriles is 4. The Labute approximate surface area is 377 Å². The zero-order valence-corrected chi connectivity index (χ0v) is 36.8. The second-order valence-electron chi connectivity index (χ2n) is 16.7. The lowest BCUT2D eigenvalue weighted by molar-refractivity contribution is 0.103. The van der Waals surface area contributed by atoms with E-state index < -0.39 is 45.7 Å². The van der Waals surface area contributed by atoms with E-state index in [4.69, 9.17) is 0 Å². The molecule has 0 saturated carbocycles. The van der Waals surface area contributed by atoms with Gasteiger partial charge in [-0.25, -0.2) is 17.6 Å². The van der Waals surface area contributed by atoms with Crippen molar-refractivity contribution in [1.82, 2.24) is 0 Å². The maximum atomic E-state index is 17.6. The second kappa shape index (κ2) is 13.2. The van der Waals surface area contributed by atoms with Gasteiger partial charge < -0.3 is 0 Å². The maximum absolute atomic E-state index is 17.6. The Hall–Kier alpha value is -7.04. The van der Waals surface area contributed by atoms with Crippen molar-refractivity contribution >= 4 is 99.0 Å². The quantitative estimate of drug-likeness (QED) is 0.0965. The van der Waals surface area contributed by atoms with Crippen molar-refractivity contribution < 1.29 is 27.2 Å². The molecule has 306 valence electrons. The van der Waals surface area contributed by atoms with E-state index >= 15 is 17.6 Å². The molecule has 0 spiro atoms. The van der Waals surface area contributed by atoms with Gasteiger partial charge in [0.25, 0.3) is 0 Å². The Balaban J connectivity index is 1.05. The third kappa shape index (κ3) is 4.78. The summed E-state index contributed by atoms with van der Waals surface area (Å²) in [5, 5.41) is 39.1. The average molecular weight is 915 g/mol. The molecule has 64 heavy (non-hydrogen) atoms. The topological polar surface area (TPSA) is 129 Å². The summed E-state index contributed by atoms with van der Waals surface area (Å²) in [5.41, 5.74) is -0.0214. The monoisotopic (exact) mass is 914 g/mol. The molecule has 4 aliphatic rings. The molecule has 0 bridgehead atoms. The first-order valence-corrected chi connectivity index (χ1v) is 22.8. The van der Waals surface area contributed by atoms with E-state index in [0.717, 1.165) is 45.3 Å². The van der Waals surface area contributed by atoms with Gasteiger partial charge in [0.2, 0.25) is 0 Å². The smallest absolute Gasteiger partial charge is 0.194 e. The molecule has 4 aromatic heterocycles. The first-order chi connectivity index (χ1) is 30.6. The fourth-order valence-corrected chi connectivity index (χ4v) is 15.9. The van der Waals surface area contributed by atoms with Crippen LogP contribution in [0.4, 0.5) is 17.6 Å². The predicted molar refractivity (Wildman–Crippen MR) is 242 cm³/mol. The molecule has 0 saturated heterocycles. The van der Waals surface area contributed by atoms with Gasteiger partial charge in [-0.2, -0.15) is 21.0 Å². The maximum Gasteiger partial charge on any atom is 0.194 e. The molecule has 4 aliphatic carbocycles. The lowest BCUT2D eigenvalue weighted by atomic mass is 9.78. The van der Waals surface area contributed by atoms with Crippen LogP contribution < -0.4 is 0 Å². The molecule has 3 aromatic carbocycles. The van der Waals surface area contributed by atoms with Crippen molar-refractivity contribution in [2.24, 2.45) is 0 Å². The number of carbonyl (C=O) groups excluding carboxylic acids is 2. The Morgan fingerprint density at radius 2 is 0.844 bits per heavy atom. The van der Waals surface area contributed by atoms with Crippen molar-refractivity contribution in [2.75, 3.05) is 0 Å². The van der Waals surface area contributed by atoms with Crippen LogP contribution in [0.3, 0.4) is 0 Å². The van der Waals surface area contributed by atoms with Gasteiger partial charge in [0.05, 0.1) is 28.6 Å². The van der Waals surface area contributed by atoms with E-state index in [0.29, 0.717) is 41.4 Å². The minimum absolute atomic E-state index is 0.000199. The minimum Gasteiger partial charge on any atom is -0.289 e. The van der Waals surface area contributed by atoms with Crippen LogP contribution in [0.15, 0.2) is 70.8 Å². The summed E-state index contributed by atoms with van der Waals surface area (Å²) in [4.78, 5) is 28.2. The van der Waals surface area contributed by atoms with E-state index in [9.17, 15) is 30.6 Å². The van der Waals surface area contributed by atoms with Gasteiger partial charge in [0.1, 0.15) is 47.1 Å². The number of allylic oxidation sites excluding steroid dienone is 6. The number of fused-ring (bicyclic) bond motifs is 12. The summed E-state index contributed by atoms with van der Waals surface area (Å²) < 4.78 is 69.9. The fraction of sp³-hybridized carbons (Fsp3) is 0.120.